The molecule has 82 valence electrons. The number of aromatic nitrogens is 2. The highest BCUT2D eigenvalue weighted by molar-refractivity contribution is 5.80. The van der Waals surface area contributed by atoms with Crippen LogP contribution in [0.5, 0.6) is 0 Å². The fraction of sp³-hybridized carbons (Fsp3) is 0.308. The summed E-state index contributed by atoms with van der Waals surface area (Å²) in [6.45, 7) is 6.42. The Hall–Kier alpha value is -1.77. The van der Waals surface area contributed by atoms with Crippen LogP contribution < -0.4 is 0 Å². The normalized spacial score (nSPS) is 15.9. The molecule has 0 bridgehead atoms. The summed E-state index contributed by atoms with van der Waals surface area (Å²) >= 11 is 0. The van der Waals surface area contributed by atoms with Gasteiger partial charge in [0.1, 0.15) is 5.65 Å². The van der Waals surface area contributed by atoms with E-state index in [-0.39, 0.29) is 0 Å². The summed E-state index contributed by atoms with van der Waals surface area (Å²) in [5.41, 5.74) is 3.13. The lowest BCUT2D eigenvalue weighted by atomic mass is 10.3. The summed E-state index contributed by atoms with van der Waals surface area (Å²) < 4.78 is 0. The molecule has 0 amide bonds. The average molecular weight is 213 g/mol. The first kappa shape index (κ1) is 9.46. The predicted molar refractivity (Wildman–Crippen MR) is 65.9 cm³/mol. The van der Waals surface area contributed by atoms with Crippen LogP contribution in [0.4, 0.5) is 0 Å². The second-order valence-electron chi connectivity index (χ2n) is 4.27. The zero-order chi connectivity index (χ0) is 11.0. The van der Waals surface area contributed by atoms with Gasteiger partial charge in [-0.2, -0.15) is 0 Å². The van der Waals surface area contributed by atoms with E-state index >= 15 is 0 Å². The molecular formula is C13H15N3. The molecule has 0 aromatic carbocycles. The van der Waals surface area contributed by atoms with Crippen molar-refractivity contribution < 1.29 is 0 Å². The molecular weight excluding hydrogens is 198 g/mol. The van der Waals surface area contributed by atoms with Crippen molar-refractivity contribution in [3.8, 4) is 0 Å². The molecule has 3 heteroatoms. The van der Waals surface area contributed by atoms with E-state index in [4.69, 9.17) is 0 Å². The second-order valence-corrected chi connectivity index (χ2v) is 4.27. The van der Waals surface area contributed by atoms with Crippen molar-refractivity contribution in [1.82, 2.24) is 14.9 Å². The van der Waals surface area contributed by atoms with Crippen molar-refractivity contribution in [2.24, 2.45) is 0 Å². The highest BCUT2D eigenvalue weighted by Gasteiger charge is 2.15. The number of rotatable bonds is 2. The Morgan fingerprint density at radius 2 is 2.19 bits per heavy atom. The average Bonchev–Trinajstić information content (AvgIpc) is 2.97. The SMILES string of the molecule is C=C(c1cc2cccnc2[nH]1)N1CCCC1. The summed E-state index contributed by atoms with van der Waals surface area (Å²) in [6.07, 6.45) is 4.36. The standard InChI is InChI=1S/C13H15N3/c1-10(16-7-2-3-8-16)12-9-11-5-4-6-14-13(11)15-12/h4-6,9H,1-3,7-8H2,(H,14,15). The van der Waals surface area contributed by atoms with Crippen LogP contribution in [-0.2, 0) is 0 Å². The van der Waals surface area contributed by atoms with Crippen LogP contribution in [0.1, 0.15) is 18.5 Å². The molecule has 0 radical (unpaired) electrons. The van der Waals surface area contributed by atoms with Crippen molar-refractivity contribution in [3.05, 3.63) is 36.7 Å². The largest absolute Gasteiger partial charge is 0.370 e. The van der Waals surface area contributed by atoms with E-state index < -0.39 is 0 Å². The van der Waals surface area contributed by atoms with E-state index in [0.29, 0.717) is 0 Å². The topological polar surface area (TPSA) is 31.9 Å². The highest BCUT2D eigenvalue weighted by Crippen LogP contribution is 2.24. The molecule has 2 aromatic heterocycles. The van der Waals surface area contributed by atoms with Crippen molar-refractivity contribution in [1.29, 1.82) is 0 Å². The molecule has 1 aliphatic rings. The number of pyridine rings is 1. The van der Waals surface area contributed by atoms with Gasteiger partial charge in [0.15, 0.2) is 0 Å². The summed E-state index contributed by atoms with van der Waals surface area (Å²) in [5, 5.41) is 1.15. The van der Waals surface area contributed by atoms with Gasteiger partial charge in [0, 0.05) is 24.7 Å². The van der Waals surface area contributed by atoms with E-state index in [1.165, 1.54) is 12.8 Å². The molecule has 1 N–H and O–H groups in total. The summed E-state index contributed by atoms with van der Waals surface area (Å²) in [7, 11) is 0. The molecule has 1 saturated heterocycles. The van der Waals surface area contributed by atoms with Gasteiger partial charge in [0.25, 0.3) is 0 Å². The minimum Gasteiger partial charge on any atom is -0.370 e. The van der Waals surface area contributed by atoms with Gasteiger partial charge in [-0.3, -0.25) is 0 Å². The molecule has 1 fully saturated rings. The number of aromatic amines is 1. The number of likely N-dealkylation sites (tertiary alicyclic amines) is 1. The van der Waals surface area contributed by atoms with Gasteiger partial charge in [-0.15, -0.1) is 0 Å². The maximum Gasteiger partial charge on any atom is 0.137 e. The Labute approximate surface area is 94.8 Å². The van der Waals surface area contributed by atoms with E-state index in [2.05, 4.69) is 33.6 Å². The molecule has 3 nitrogen and oxygen atoms in total. The number of nitrogens with zero attached hydrogens (tertiary/aromatic N) is 2. The molecule has 0 atom stereocenters. The first-order chi connectivity index (χ1) is 7.84. The van der Waals surface area contributed by atoms with Gasteiger partial charge in [-0.25, -0.2) is 4.98 Å². The molecule has 3 heterocycles. The Kier molecular flexibility index (Phi) is 2.17. The van der Waals surface area contributed by atoms with Gasteiger partial charge in [-0.05, 0) is 31.0 Å². The Balaban J connectivity index is 1.96. The van der Waals surface area contributed by atoms with Crippen molar-refractivity contribution >= 4 is 16.7 Å². The zero-order valence-corrected chi connectivity index (χ0v) is 9.24. The highest BCUT2D eigenvalue weighted by atomic mass is 15.2. The fourth-order valence-corrected chi connectivity index (χ4v) is 2.27. The number of hydrogen-bond acceptors (Lipinski definition) is 2. The van der Waals surface area contributed by atoms with Gasteiger partial charge >= 0.3 is 0 Å². The zero-order valence-electron chi connectivity index (χ0n) is 9.24. The Bertz CT molecular complexity index is 488. The molecule has 1 aliphatic heterocycles. The van der Waals surface area contributed by atoms with E-state index in [1.807, 2.05) is 6.07 Å². The lowest BCUT2D eigenvalue weighted by molar-refractivity contribution is 0.493. The Morgan fingerprint density at radius 3 is 2.94 bits per heavy atom. The third-order valence-electron chi connectivity index (χ3n) is 3.19. The van der Waals surface area contributed by atoms with Crippen LogP contribution >= 0.6 is 0 Å². The molecule has 0 unspecified atom stereocenters. The monoisotopic (exact) mass is 213 g/mol. The lowest BCUT2D eigenvalue weighted by Gasteiger charge is -2.18. The van der Waals surface area contributed by atoms with Gasteiger partial charge < -0.3 is 9.88 Å². The number of nitrogens with one attached hydrogen (secondary N) is 1. The van der Waals surface area contributed by atoms with Crippen LogP contribution in [-0.4, -0.2) is 28.0 Å². The van der Waals surface area contributed by atoms with Gasteiger partial charge in [-0.1, -0.05) is 6.58 Å². The van der Waals surface area contributed by atoms with Crippen molar-refractivity contribution in [2.45, 2.75) is 12.8 Å². The quantitative estimate of drug-likeness (QED) is 0.831. The maximum absolute atomic E-state index is 4.30. The van der Waals surface area contributed by atoms with E-state index in [9.17, 15) is 0 Å². The molecule has 0 saturated carbocycles. The van der Waals surface area contributed by atoms with Crippen LogP contribution in [0.3, 0.4) is 0 Å². The van der Waals surface area contributed by atoms with Crippen molar-refractivity contribution in [3.63, 3.8) is 0 Å². The number of fused-ring (bicyclic) bond motifs is 1. The van der Waals surface area contributed by atoms with Crippen LogP contribution in [0.15, 0.2) is 31.0 Å². The smallest absolute Gasteiger partial charge is 0.137 e. The fourth-order valence-electron chi connectivity index (χ4n) is 2.27. The molecule has 3 rings (SSSR count). The molecule has 0 aliphatic carbocycles. The van der Waals surface area contributed by atoms with Crippen LogP contribution in [0.2, 0.25) is 0 Å². The van der Waals surface area contributed by atoms with Crippen LogP contribution in [0, 0.1) is 0 Å². The lowest BCUT2D eigenvalue weighted by Crippen LogP contribution is -2.16. The minimum absolute atomic E-state index is 0.942. The summed E-state index contributed by atoms with van der Waals surface area (Å²) in [6, 6.07) is 6.15. The first-order valence-corrected chi connectivity index (χ1v) is 5.72. The maximum atomic E-state index is 4.30. The minimum atomic E-state index is 0.942. The summed E-state index contributed by atoms with van der Waals surface area (Å²) in [5.74, 6) is 0. The number of hydrogen-bond donors (Lipinski definition) is 1. The predicted octanol–water partition coefficient (Wildman–Crippen LogP) is 2.63. The van der Waals surface area contributed by atoms with Gasteiger partial charge in [0.05, 0.1) is 11.4 Å². The Morgan fingerprint density at radius 1 is 1.38 bits per heavy atom. The van der Waals surface area contributed by atoms with Crippen molar-refractivity contribution in [2.75, 3.05) is 13.1 Å². The third kappa shape index (κ3) is 1.48. The second kappa shape index (κ2) is 3.67. The van der Waals surface area contributed by atoms with E-state index in [0.717, 1.165) is 35.5 Å². The first-order valence-electron chi connectivity index (χ1n) is 5.72. The molecule has 2 aromatic rings. The molecule has 16 heavy (non-hydrogen) atoms. The van der Waals surface area contributed by atoms with Crippen LogP contribution in [0.25, 0.3) is 16.7 Å². The van der Waals surface area contributed by atoms with E-state index in [1.54, 1.807) is 6.20 Å². The third-order valence-corrected chi connectivity index (χ3v) is 3.19. The molecule has 0 spiro atoms. The van der Waals surface area contributed by atoms with Gasteiger partial charge in [0.2, 0.25) is 0 Å². The number of H-pyrrole nitrogens is 1. The summed E-state index contributed by atoms with van der Waals surface area (Å²) in [4.78, 5) is 9.95.